The third-order valence-corrected chi connectivity index (χ3v) is 3.66. The van der Waals surface area contributed by atoms with Crippen LogP contribution >= 0.6 is 11.3 Å². The highest BCUT2D eigenvalue weighted by Gasteiger charge is 2.31. The van der Waals surface area contributed by atoms with Crippen LogP contribution in [0.15, 0.2) is 6.20 Å². The number of hydrogen-bond acceptors (Lipinski definition) is 6. The molecule has 0 aliphatic heterocycles. The van der Waals surface area contributed by atoms with Gasteiger partial charge in [0.05, 0.1) is 18.0 Å². The summed E-state index contributed by atoms with van der Waals surface area (Å²) in [6.07, 6.45) is 3.54. The SMILES string of the molecule is N#C[C@H]1C[C@H](c2cnc3nc(N)sc3n2)C1. The second-order valence-electron chi connectivity index (χ2n) is 3.97. The molecule has 1 aliphatic carbocycles. The van der Waals surface area contributed by atoms with Crippen molar-refractivity contribution in [3.05, 3.63) is 11.9 Å². The number of rotatable bonds is 1. The van der Waals surface area contributed by atoms with Gasteiger partial charge >= 0.3 is 0 Å². The fourth-order valence-electron chi connectivity index (χ4n) is 1.91. The van der Waals surface area contributed by atoms with Crippen LogP contribution in [-0.4, -0.2) is 15.0 Å². The van der Waals surface area contributed by atoms with E-state index in [0.717, 1.165) is 23.4 Å². The molecule has 0 aromatic carbocycles. The number of aromatic nitrogens is 3. The Morgan fingerprint density at radius 1 is 1.44 bits per heavy atom. The normalized spacial score (nSPS) is 23.9. The standard InChI is InChI=1S/C10H9N5S/c11-3-5-1-6(2-5)7-4-13-8-9(14-7)16-10(12)15-8/h4-6H,1-2H2,(H2,12,13,15)/t5-,6-. The van der Waals surface area contributed by atoms with Gasteiger partial charge in [-0.15, -0.1) is 0 Å². The van der Waals surface area contributed by atoms with Crippen LogP contribution in [0.3, 0.4) is 0 Å². The van der Waals surface area contributed by atoms with Crippen molar-refractivity contribution in [3.63, 3.8) is 0 Å². The Morgan fingerprint density at radius 2 is 2.25 bits per heavy atom. The molecule has 0 unspecified atom stereocenters. The summed E-state index contributed by atoms with van der Waals surface area (Å²) in [5, 5.41) is 9.21. The lowest BCUT2D eigenvalue weighted by molar-refractivity contribution is 0.325. The van der Waals surface area contributed by atoms with E-state index in [-0.39, 0.29) is 5.92 Å². The lowest BCUT2D eigenvalue weighted by Crippen LogP contribution is -2.21. The number of nitrogens with two attached hydrogens (primary N) is 1. The first kappa shape index (κ1) is 9.48. The third-order valence-electron chi connectivity index (χ3n) is 2.90. The van der Waals surface area contributed by atoms with Crippen molar-refractivity contribution < 1.29 is 0 Å². The van der Waals surface area contributed by atoms with E-state index in [4.69, 9.17) is 11.0 Å². The Labute approximate surface area is 96.0 Å². The smallest absolute Gasteiger partial charge is 0.191 e. The minimum Gasteiger partial charge on any atom is -0.375 e. The molecule has 0 amide bonds. The minimum atomic E-state index is 0.189. The topological polar surface area (TPSA) is 88.5 Å². The fourth-order valence-corrected chi connectivity index (χ4v) is 2.58. The zero-order chi connectivity index (χ0) is 11.1. The molecule has 1 fully saturated rings. The van der Waals surface area contributed by atoms with Crippen molar-refractivity contribution in [1.82, 2.24) is 15.0 Å². The molecule has 0 spiro atoms. The van der Waals surface area contributed by atoms with Crippen LogP contribution < -0.4 is 5.73 Å². The largest absolute Gasteiger partial charge is 0.375 e. The molecule has 0 saturated heterocycles. The molecule has 1 aliphatic rings. The van der Waals surface area contributed by atoms with Crippen LogP contribution in [0.5, 0.6) is 0 Å². The lowest BCUT2D eigenvalue weighted by atomic mass is 9.74. The van der Waals surface area contributed by atoms with Crippen molar-refractivity contribution in [3.8, 4) is 6.07 Å². The molecular weight excluding hydrogens is 222 g/mol. The number of thiazole rings is 1. The Hall–Kier alpha value is -1.74. The predicted molar refractivity (Wildman–Crippen MR) is 60.7 cm³/mol. The summed E-state index contributed by atoms with van der Waals surface area (Å²) >= 11 is 1.35. The molecule has 2 N–H and O–H groups in total. The molecule has 80 valence electrons. The number of hydrogen-bond donors (Lipinski definition) is 1. The summed E-state index contributed by atoms with van der Waals surface area (Å²) in [5.74, 6) is 0.568. The molecule has 2 heterocycles. The van der Waals surface area contributed by atoms with Gasteiger partial charge in [0.2, 0.25) is 0 Å². The quantitative estimate of drug-likeness (QED) is 0.806. The maximum Gasteiger partial charge on any atom is 0.191 e. The Bertz CT molecular complexity index is 578. The molecule has 6 heteroatoms. The van der Waals surface area contributed by atoms with Gasteiger partial charge in [-0.2, -0.15) is 10.2 Å². The van der Waals surface area contributed by atoms with Gasteiger partial charge in [-0.25, -0.2) is 9.97 Å². The minimum absolute atomic E-state index is 0.189. The van der Waals surface area contributed by atoms with Crippen LogP contribution in [0, 0.1) is 17.2 Å². The van der Waals surface area contributed by atoms with E-state index in [9.17, 15) is 0 Å². The van der Waals surface area contributed by atoms with Crippen molar-refractivity contribution in [2.75, 3.05) is 5.73 Å². The number of anilines is 1. The van der Waals surface area contributed by atoms with Crippen molar-refractivity contribution in [2.45, 2.75) is 18.8 Å². The van der Waals surface area contributed by atoms with E-state index in [2.05, 4.69) is 21.0 Å². The number of nitriles is 1. The van der Waals surface area contributed by atoms with Gasteiger partial charge in [-0.3, -0.25) is 0 Å². The molecule has 3 rings (SSSR count). The lowest BCUT2D eigenvalue weighted by Gasteiger charge is -2.29. The van der Waals surface area contributed by atoms with Crippen LogP contribution in [-0.2, 0) is 0 Å². The average Bonchev–Trinajstić information content (AvgIpc) is 2.55. The van der Waals surface area contributed by atoms with Gasteiger partial charge in [0.1, 0.15) is 0 Å². The molecule has 2 aromatic heterocycles. The van der Waals surface area contributed by atoms with Gasteiger partial charge in [0, 0.05) is 11.8 Å². The average molecular weight is 231 g/mol. The molecule has 2 aromatic rings. The van der Waals surface area contributed by atoms with E-state index in [1.54, 1.807) is 6.20 Å². The van der Waals surface area contributed by atoms with E-state index >= 15 is 0 Å². The molecule has 5 nitrogen and oxygen atoms in total. The highest BCUT2D eigenvalue weighted by atomic mass is 32.1. The summed E-state index contributed by atoms with van der Waals surface area (Å²) in [6, 6.07) is 2.26. The number of fused-ring (bicyclic) bond motifs is 1. The van der Waals surface area contributed by atoms with Crippen molar-refractivity contribution in [2.24, 2.45) is 5.92 Å². The first-order valence-electron chi connectivity index (χ1n) is 5.05. The summed E-state index contributed by atoms with van der Waals surface area (Å²) in [5.41, 5.74) is 7.17. The van der Waals surface area contributed by atoms with Crippen molar-refractivity contribution >= 4 is 26.9 Å². The Kier molecular flexibility index (Phi) is 2.01. The number of nitrogen functional groups attached to an aromatic ring is 1. The van der Waals surface area contributed by atoms with E-state index in [1.165, 1.54) is 11.3 Å². The molecular formula is C10H9N5S. The van der Waals surface area contributed by atoms with Crippen molar-refractivity contribution in [1.29, 1.82) is 5.26 Å². The summed E-state index contributed by atoms with van der Waals surface area (Å²) in [6.45, 7) is 0. The van der Waals surface area contributed by atoms with E-state index in [1.807, 2.05) is 0 Å². The van der Waals surface area contributed by atoms with Gasteiger partial charge in [0.25, 0.3) is 0 Å². The number of nitrogens with zero attached hydrogens (tertiary/aromatic N) is 4. The van der Waals surface area contributed by atoms with E-state index in [0.29, 0.717) is 16.7 Å². The Balaban J connectivity index is 1.91. The zero-order valence-electron chi connectivity index (χ0n) is 8.42. The van der Waals surface area contributed by atoms with Gasteiger partial charge in [0.15, 0.2) is 15.6 Å². The van der Waals surface area contributed by atoms with Crippen LogP contribution in [0.2, 0.25) is 0 Å². The summed E-state index contributed by atoms with van der Waals surface area (Å²) < 4.78 is 0. The van der Waals surface area contributed by atoms with Crippen LogP contribution in [0.25, 0.3) is 10.5 Å². The van der Waals surface area contributed by atoms with Gasteiger partial charge in [-0.05, 0) is 12.8 Å². The molecule has 0 atom stereocenters. The van der Waals surface area contributed by atoms with Crippen LogP contribution in [0.4, 0.5) is 5.13 Å². The molecule has 0 radical (unpaired) electrons. The zero-order valence-corrected chi connectivity index (χ0v) is 9.24. The second-order valence-corrected chi connectivity index (χ2v) is 4.98. The second kappa shape index (κ2) is 3.39. The van der Waals surface area contributed by atoms with Crippen LogP contribution in [0.1, 0.15) is 24.5 Å². The first-order chi connectivity index (χ1) is 7.76. The monoisotopic (exact) mass is 231 g/mol. The predicted octanol–water partition coefficient (Wildman–Crippen LogP) is 1.69. The maximum absolute atomic E-state index is 8.72. The third kappa shape index (κ3) is 1.41. The highest BCUT2D eigenvalue weighted by Crippen LogP contribution is 2.40. The maximum atomic E-state index is 8.72. The molecule has 1 saturated carbocycles. The Morgan fingerprint density at radius 3 is 3.00 bits per heavy atom. The first-order valence-corrected chi connectivity index (χ1v) is 5.86. The van der Waals surface area contributed by atoms with Gasteiger partial charge < -0.3 is 5.73 Å². The van der Waals surface area contributed by atoms with Gasteiger partial charge in [-0.1, -0.05) is 11.3 Å². The highest BCUT2D eigenvalue weighted by molar-refractivity contribution is 7.21. The summed E-state index contributed by atoms with van der Waals surface area (Å²) in [7, 11) is 0. The molecule has 0 bridgehead atoms. The fraction of sp³-hybridized carbons (Fsp3) is 0.400. The molecule has 16 heavy (non-hydrogen) atoms. The van der Waals surface area contributed by atoms with E-state index < -0.39 is 0 Å². The summed E-state index contributed by atoms with van der Waals surface area (Å²) in [4.78, 5) is 13.6.